The van der Waals surface area contributed by atoms with Crippen LogP contribution in [0.4, 0.5) is 13.2 Å². The van der Waals surface area contributed by atoms with Gasteiger partial charge in [-0.25, -0.2) is 13.2 Å². The summed E-state index contributed by atoms with van der Waals surface area (Å²) >= 11 is 0. The van der Waals surface area contributed by atoms with Gasteiger partial charge in [0, 0.05) is 17.1 Å². The van der Waals surface area contributed by atoms with E-state index in [9.17, 15) is 22.8 Å². The number of H-pyrrole nitrogens is 1. The Balaban J connectivity index is 0.000000383. The van der Waals surface area contributed by atoms with Gasteiger partial charge in [0.25, 0.3) is 0 Å². The number of aromatic nitrogens is 1. The summed E-state index contributed by atoms with van der Waals surface area (Å²) in [6.45, 7) is -0.0799. The summed E-state index contributed by atoms with van der Waals surface area (Å²) in [5, 5.41) is 2.51. The minimum absolute atomic E-state index is 0.0799. The smallest absolute Gasteiger partial charge is 0.236 e. The van der Waals surface area contributed by atoms with Crippen LogP contribution in [0.5, 0.6) is 0 Å². The first-order valence-corrected chi connectivity index (χ1v) is 9.96. The molecule has 0 atom stereocenters. The molecule has 0 saturated heterocycles. The molecule has 1 saturated carbocycles. The van der Waals surface area contributed by atoms with Crippen LogP contribution in [0.15, 0.2) is 12.1 Å². The molecule has 2 amide bonds. The molecule has 1 heterocycles. The molecule has 5 nitrogen and oxygen atoms in total. The van der Waals surface area contributed by atoms with Crippen molar-refractivity contribution in [3.05, 3.63) is 35.1 Å². The quantitative estimate of drug-likeness (QED) is 0.347. The number of benzene rings is 2. The van der Waals surface area contributed by atoms with E-state index in [2.05, 4.69) is 16.0 Å². The zero-order valence-electron chi connectivity index (χ0n) is 17.5. The second-order valence-corrected chi connectivity index (χ2v) is 7.66. The topological polar surface area (TPSA) is 88.0 Å². The molecule has 1 aromatic heterocycles. The van der Waals surface area contributed by atoms with Crippen LogP contribution >= 0.6 is 0 Å². The number of aromatic amines is 1. The van der Waals surface area contributed by atoms with Crippen LogP contribution in [0.3, 0.4) is 0 Å². The molecular formula is C21H16B4F3N3O2. The van der Waals surface area contributed by atoms with Gasteiger partial charge in [-0.1, -0.05) is 28.3 Å². The van der Waals surface area contributed by atoms with Gasteiger partial charge in [-0.15, -0.1) is 0 Å². The maximum atomic E-state index is 14.3. The van der Waals surface area contributed by atoms with E-state index in [1.807, 2.05) is 0 Å². The van der Waals surface area contributed by atoms with Crippen molar-refractivity contribution in [2.75, 3.05) is 6.54 Å². The summed E-state index contributed by atoms with van der Waals surface area (Å²) in [6.07, 6.45) is 3.16. The molecule has 12 heteroatoms. The van der Waals surface area contributed by atoms with Gasteiger partial charge in [0.15, 0.2) is 0 Å². The van der Waals surface area contributed by atoms with Gasteiger partial charge in [0.1, 0.15) is 48.8 Å². The second-order valence-electron chi connectivity index (χ2n) is 7.66. The van der Waals surface area contributed by atoms with Crippen molar-refractivity contribution in [2.24, 2.45) is 5.73 Å². The molecule has 1 fully saturated rings. The molecule has 4 rings (SSSR count). The summed E-state index contributed by atoms with van der Waals surface area (Å²) < 4.78 is 42.2. The highest BCUT2D eigenvalue weighted by Gasteiger charge is 2.29. The van der Waals surface area contributed by atoms with Crippen LogP contribution in [0.2, 0.25) is 0 Å². The highest BCUT2D eigenvalue weighted by atomic mass is 19.1. The van der Waals surface area contributed by atoms with Crippen LogP contribution in [-0.4, -0.2) is 55.2 Å². The van der Waals surface area contributed by atoms with Gasteiger partial charge in [-0.2, -0.15) is 0 Å². The first-order chi connectivity index (χ1) is 15.6. The van der Waals surface area contributed by atoms with Crippen molar-refractivity contribution in [3.63, 3.8) is 0 Å². The molecule has 160 valence electrons. The number of nitrogens with two attached hydrogens (primary N) is 1. The number of rotatable bonds is 5. The van der Waals surface area contributed by atoms with E-state index in [0.29, 0.717) is 23.1 Å². The fourth-order valence-electron chi connectivity index (χ4n) is 3.77. The number of amides is 2. The molecular weight excluding hydrogens is 426 g/mol. The largest absolute Gasteiger partial charge is 0.368 e. The predicted molar refractivity (Wildman–Crippen MR) is 125 cm³/mol. The maximum Gasteiger partial charge on any atom is 0.236 e. The molecule has 2 aromatic carbocycles. The zero-order chi connectivity index (χ0) is 24.4. The number of carbonyl (C=O) groups excluding carboxylic acids is 2. The predicted octanol–water partition coefficient (Wildman–Crippen LogP) is -1.09. The van der Waals surface area contributed by atoms with Crippen LogP contribution in [-0.2, 0) is 9.59 Å². The third-order valence-electron chi connectivity index (χ3n) is 5.58. The SMILES string of the molecule is NC(=O)CNC=O.[B]c1c([B])c(-c2[nH]c3c(F)cc(F)cc3c2C2CCC2)c([B])c([B])c1F. The standard InChI is InChI=1S/C18H10B4F3N.C3H6N2O2/c19-12-11(13(20)15(22)16(25)14(12)21)18-10(6-2-1-3-6)8-4-7(23)5-9(24)17(8)26-18;4-3(7)1-5-2-6/h4-6,26H,1-3H2;2H,1H2,(H2,4,7)(H,5,6). The van der Waals surface area contributed by atoms with Crippen molar-refractivity contribution in [2.45, 2.75) is 25.2 Å². The lowest BCUT2D eigenvalue weighted by Crippen LogP contribution is -2.46. The number of hydrogen-bond donors (Lipinski definition) is 3. The molecule has 1 aliphatic carbocycles. The summed E-state index contributed by atoms with van der Waals surface area (Å²) in [6, 6.07) is 2.07. The maximum absolute atomic E-state index is 14.3. The minimum Gasteiger partial charge on any atom is -0.368 e. The summed E-state index contributed by atoms with van der Waals surface area (Å²) in [5.41, 5.74) is 5.28. The van der Waals surface area contributed by atoms with E-state index >= 15 is 0 Å². The number of fused-ring (bicyclic) bond motifs is 1. The fourth-order valence-corrected chi connectivity index (χ4v) is 3.77. The van der Waals surface area contributed by atoms with Gasteiger partial charge in [-0.05, 0) is 36.0 Å². The molecule has 0 bridgehead atoms. The minimum atomic E-state index is -0.887. The van der Waals surface area contributed by atoms with Crippen molar-refractivity contribution in [3.8, 4) is 11.3 Å². The van der Waals surface area contributed by atoms with Gasteiger partial charge >= 0.3 is 0 Å². The highest BCUT2D eigenvalue weighted by molar-refractivity contribution is 6.59. The lowest BCUT2D eigenvalue weighted by atomic mass is 9.65. The number of halogens is 3. The van der Waals surface area contributed by atoms with Crippen molar-refractivity contribution in [1.82, 2.24) is 10.3 Å². The van der Waals surface area contributed by atoms with Crippen LogP contribution in [0.25, 0.3) is 22.2 Å². The van der Waals surface area contributed by atoms with Crippen LogP contribution in [0, 0.1) is 17.5 Å². The third-order valence-corrected chi connectivity index (χ3v) is 5.58. The Labute approximate surface area is 193 Å². The zero-order valence-corrected chi connectivity index (χ0v) is 17.5. The second kappa shape index (κ2) is 9.85. The Morgan fingerprint density at radius 1 is 1.09 bits per heavy atom. The lowest BCUT2D eigenvalue weighted by Gasteiger charge is -2.28. The Morgan fingerprint density at radius 3 is 2.15 bits per heavy atom. The average molecular weight is 443 g/mol. The molecule has 33 heavy (non-hydrogen) atoms. The summed E-state index contributed by atoms with van der Waals surface area (Å²) in [5.74, 6) is -2.74. The van der Waals surface area contributed by atoms with Crippen LogP contribution in [0.1, 0.15) is 30.7 Å². The Bertz CT molecular complexity index is 1220. The molecule has 1 aliphatic rings. The molecule has 0 unspecified atom stereocenters. The van der Waals surface area contributed by atoms with E-state index in [1.165, 1.54) is 6.07 Å². The van der Waals surface area contributed by atoms with Gasteiger partial charge in [-0.3, -0.25) is 9.59 Å². The fraction of sp³-hybridized carbons (Fsp3) is 0.238. The van der Waals surface area contributed by atoms with Gasteiger partial charge in [0.2, 0.25) is 12.3 Å². The summed E-state index contributed by atoms with van der Waals surface area (Å²) in [4.78, 5) is 22.1. The normalized spacial score (nSPS) is 13.2. The third kappa shape index (κ3) is 4.70. The van der Waals surface area contributed by atoms with Crippen molar-refractivity contribution < 1.29 is 22.8 Å². The Kier molecular flexibility index (Phi) is 7.34. The number of primary amides is 1. The molecule has 0 aliphatic heterocycles. The average Bonchev–Trinajstić information content (AvgIpc) is 3.08. The first-order valence-electron chi connectivity index (χ1n) is 9.96. The number of carbonyl (C=O) groups is 2. The monoisotopic (exact) mass is 443 g/mol. The number of hydrogen-bond acceptors (Lipinski definition) is 2. The van der Waals surface area contributed by atoms with Crippen LogP contribution < -0.4 is 32.9 Å². The van der Waals surface area contributed by atoms with E-state index in [0.717, 1.165) is 25.3 Å². The van der Waals surface area contributed by atoms with Crippen molar-refractivity contribution >= 4 is 76.5 Å². The molecule has 3 aromatic rings. The van der Waals surface area contributed by atoms with E-state index in [1.54, 1.807) is 0 Å². The lowest BCUT2D eigenvalue weighted by molar-refractivity contribution is -0.119. The van der Waals surface area contributed by atoms with E-state index < -0.39 is 23.4 Å². The highest BCUT2D eigenvalue weighted by Crippen LogP contribution is 2.44. The Hall–Kier alpha value is -3.03. The van der Waals surface area contributed by atoms with Crippen molar-refractivity contribution in [1.29, 1.82) is 0 Å². The van der Waals surface area contributed by atoms with E-state index in [4.69, 9.17) is 31.4 Å². The summed E-state index contributed by atoms with van der Waals surface area (Å²) in [7, 11) is 23.5. The molecule has 4 N–H and O–H groups in total. The molecule has 0 spiro atoms. The van der Waals surface area contributed by atoms with Gasteiger partial charge < -0.3 is 16.0 Å². The molecule has 8 radical (unpaired) electrons. The number of nitrogens with one attached hydrogen (secondary N) is 2. The van der Waals surface area contributed by atoms with Gasteiger partial charge in [0.05, 0.1) is 12.1 Å². The van der Waals surface area contributed by atoms with E-state index in [-0.39, 0.29) is 45.4 Å². The first kappa shape index (κ1) is 24.6. The Morgan fingerprint density at radius 2 is 1.70 bits per heavy atom.